The number of hydrogen-bond donors (Lipinski definition) is 1. The minimum Gasteiger partial charge on any atom is -0.508 e. The monoisotopic (exact) mass is 374 g/mol. The lowest BCUT2D eigenvalue weighted by Crippen LogP contribution is -2.03. The van der Waals surface area contributed by atoms with Crippen molar-refractivity contribution < 1.29 is 27.5 Å². The number of ether oxygens (including phenoxy) is 1. The van der Waals surface area contributed by atoms with Crippen LogP contribution in [-0.2, 0) is 0 Å². The van der Waals surface area contributed by atoms with Crippen LogP contribution in [0.4, 0.5) is 8.78 Å². The Hall–Kier alpha value is -3.68. The van der Waals surface area contributed by atoms with Gasteiger partial charge in [0.2, 0.25) is 0 Å². The number of rotatable bonds is 2. The largest absolute Gasteiger partial charge is 0.508 e. The number of aromatic hydroxyl groups is 1. The van der Waals surface area contributed by atoms with Gasteiger partial charge in [0.05, 0.1) is 23.3 Å². The molecule has 0 aliphatic carbocycles. The van der Waals surface area contributed by atoms with Crippen LogP contribution < -0.4 is 15.6 Å². The Bertz CT molecular complexity index is 1200. The average Bonchev–Trinajstić information content (AvgIpc) is 2.62. The summed E-state index contributed by atoms with van der Waals surface area (Å²) in [6.07, 6.45) is 2.51. The highest BCUT2D eigenvalue weighted by Gasteiger charge is 2.06. The Morgan fingerprint density at radius 3 is 1.96 bits per heavy atom. The smallest absolute Gasteiger partial charge is 0.387 e. The van der Waals surface area contributed by atoms with Crippen LogP contribution in [0.15, 0.2) is 79.5 Å². The molecule has 27 heavy (non-hydrogen) atoms. The minimum atomic E-state index is -2.89. The van der Waals surface area contributed by atoms with Gasteiger partial charge in [0.25, 0.3) is 0 Å². The van der Waals surface area contributed by atoms with E-state index in [-0.39, 0.29) is 27.9 Å². The molecule has 4 rings (SSSR count). The lowest BCUT2D eigenvalue weighted by molar-refractivity contribution is -0.0497. The molecule has 0 bridgehead atoms. The summed E-state index contributed by atoms with van der Waals surface area (Å²) in [6.45, 7) is -2.89. The first-order chi connectivity index (χ1) is 12.9. The van der Waals surface area contributed by atoms with Crippen LogP contribution in [0.2, 0.25) is 0 Å². The van der Waals surface area contributed by atoms with E-state index in [2.05, 4.69) is 4.74 Å². The lowest BCUT2D eigenvalue weighted by atomic mass is 10.2. The fraction of sp³-hybridized carbons (Fsp3) is 0.0526. The van der Waals surface area contributed by atoms with E-state index in [0.717, 1.165) is 0 Å². The SMILES string of the molecule is O=c1ccoc2cc(O)ccc12.O=c1ccoc2cc(OC(F)F)ccc12. The van der Waals surface area contributed by atoms with E-state index in [4.69, 9.17) is 13.9 Å². The number of benzene rings is 2. The highest BCUT2D eigenvalue weighted by Crippen LogP contribution is 2.20. The molecule has 2 aromatic heterocycles. The van der Waals surface area contributed by atoms with Crippen molar-refractivity contribution in [2.24, 2.45) is 0 Å². The Kier molecular flexibility index (Phi) is 5.16. The highest BCUT2D eigenvalue weighted by molar-refractivity contribution is 5.78. The van der Waals surface area contributed by atoms with Gasteiger partial charge in [-0.25, -0.2) is 0 Å². The van der Waals surface area contributed by atoms with Crippen molar-refractivity contribution in [3.8, 4) is 11.5 Å². The van der Waals surface area contributed by atoms with Crippen molar-refractivity contribution in [1.82, 2.24) is 0 Å². The maximum absolute atomic E-state index is 11.9. The molecule has 0 saturated heterocycles. The molecule has 0 saturated carbocycles. The molecule has 0 aliphatic rings. The molecule has 2 aromatic carbocycles. The molecule has 0 fully saturated rings. The van der Waals surface area contributed by atoms with Crippen molar-refractivity contribution in [3.63, 3.8) is 0 Å². The fourth-order valence-electron chi connectivity index (χ4n) is 2.31. The molecule has 0 aliphatic heterocycles. The summed E-state index contributed by atoms with van der Waals surface area (Å²) in [6, 6.07) is 11.0. The van der Waals surface area contributed by atoms with Gasteiger partial charge in [-0.05, 0) is 24.3 Å². The molecule has 1 N–H and O–H groups in total. The van der Waals surface area contributed by atoms with Crippen molar-refractivity contribution in [1.29, 1.82) is 0 Å². The van der Waals surface area contributed by atoms with Crippen LogP contribution in [0.5, 0.6) is 11.5 Å². The third-order valence-electron chi connectivity index (χ3n) is 3.50. The second-order valence-corrected chi connectivity index (χ2v) is 5.29. The number of halogens is 2. The van der Waals surface area contributed by atoms with Crippen LogP contribution in [0.3, 0.4) is 0 Å². The van der Waals surface area contributed by atoms with E-state index in [1.54, 1.807) is 0 Å². The summed E-state index contributed by atoms with van der Waals surface area (Å²) < 4.78 is 37.9. The first-order valence-corrected chi connectivity index (χ1v) is 7.61. The number of fused-ring (bicyclic) bond motifs is 2. The maximum atomic E-state index is 11.9. The lowest BCUT2D eigenvalue weighted by Gasteiger charge is -2.04. The molecule has 2 heterocycles. The van der Waals surface area contributed by atoms with Gasteiger partial charge in [-0.15, -0.1) is 0 Å². The van der Waals surface area contributed by atoms with Gasteiger partial charge in [0.15, 0.2) is 10.9 Å². The van der Waals surface area contributed by atoms with Crippen LogP contribution >= 0.6 is 0 Å². The summed E-state index contributed by atoms with van der Waals surface area (Å²) in [5.74, 6) is 0.0590. The van der Waals surface area contributed by atoms with Gasteiger partial charge in [-0.2, -0.15) is 8.78 Å². The molecule has 0 amide bonds. The molecular weight excluding hydrogens is 362 g/mol. The van der Waals surface area contributed by atoms with Gasteiger partial charge in [0, 0.05) is 24.3 Å². The molecule has 0 unspecified atom stereocenters. The van der Waals surface area contributed by atoms with Crippen LogP contribution in [0.25, 0.3) is 21.9 Å². The van der Waals surface area contributed by atoms with Crippen molar-refractivity contribution >= 4 is 21.9 Å². The predicted octanol–water partition coefficient (Wildman–Crippen LogP) is 3.89. The Labute approximate surface area is 149 Å². The van der Waals surface area contributed by atoms with E-state index < -0.39 is 6.61 Å². The number of hydrogen-bond acceptors (Lipinski definition) is 6. The molecule has 6 nitrogen and oxygen atoms in total. The molecule has 0 radical (unpaired) electrons. The Morgan fingerprint density at radius 2 is 1.37 bits per heavy atom. The quantitative estimate of drug-likeness (QED) is 0.572. The molecular formula is C19H12F2O6. The van der Waals surface area contributed by atoms with Crippen molar-refractivity contribution in [2.45, 2.75) is 6.61 Å². The van der Waals surface area contributed by atoms with E-state index in [9.17, 15) is 18.4 Å². The summed E-state index contributed by atoms with van der Waals surface area (Å²) in [7, 11) is 0. The van der Waals surface area contributed by atoms with Crippen LogP contribution in [0, 0.1) is 0 Å². The topological polar surface area (TPSA) is 89.9 Å². The first kappa shape index (κ1) is 18.1. The van der Waals surface area contributed by atoms with Gasteiger partial charge < -0.3 is 18.7 Å². The van der Waals surface area contributed by atoms with Crippen molar-refractivity contribution in [3.05, 3.63) is 81.5 Å². The van der Waals surface area contributed by atoms with Gasteiger partial charge in [-0.3, -0.25) is 9.59 Å². The van der Waals surface area contributed by atoms with Crippen molar-refractivity contribution in [2.75, 3.05) is 0 Å². The summed E-state index contributed by atoms with van der Waals surface area (Å²) >= 11 is 0. The minimum absolute atomic E-state index is 0.0353. The molecule has 4 aromatic rings. The standard InChI is InChI=1S/C10H6F2O3.C9H6O3/c11-10(12)15-6-1-2-7-8(13)3-4-14-9(7)5-6;10-6-1-2-7-8(11)3-4-12-9(7)5-6/h1-5,10H;1-5,10H. The van der Waals surface area contributed by atoms with E-state index >= 15 is 0 Å². The third-order valence-corrected chi connectivity index (χ3v) is 3.50. The summed E-state index contributed by atoms with van der Waals surface area (Å²) in [5.41, 5.74) is 0.305. The zero-order chi connectivity index (χ0) is 19.4. The van der Waals surface area contributed by atoms with E-state index in [1.165, 1.54) is 61.1 Å². The molecule has 0 atom stereocenters. The molecule has 0 spiro atoms. The second-order valence-electron chi connectivity index (χ2n) is 5.29. The number of phenols is 1. The zero-order valence-electron chi connectivity index (χ0n) is 13.6. The second kappa shape index (κ2) is 7.69. The number of alkyl halides is 2. The average molecular weight is 374 g/mol. The molecule has 8 heteroatoms. The summed E-state index contributed by atoms with van der Waals surface area (Å²) in [4.78, 5) is 22.4. The van der Waals surface area contributed by atoms with Gasteiger partial charge >= 0.3 is 6.61 Å². The highest BCUT2D eigenvalue weighted by atomic mass is 19.3. The number of phenolic OH excluding ortho intramolecular Hbond substituents is 1. The van der Waals surface area contributed by atoms with E-state index in [0.29, 0.717) is 16.4 Å². The van der Waals surface area contributed by atoms with Gasteiger partial charge in [-0.1, -0.05) is 0 Å². The maximum Gasteiger partial charge on any atom is 0.387 e. The zero-order valence-corrected chi connectivity index (χ0v) is 13.6. The Balaban J connectivity index is 0.000000159. The van der Waals surface area contributed by atoms with Crippen LogP contribution in [0.1, 0.15) is 0 Å². The molecule has 138 valence electrons. The Morgan fingerprint density at radius 1 is 0.815 bits per heavy atom. The normalized spacial score (nSPS) is 10.6. The summed E-state index contributed by atoms with van der Waals surface area (Å²) in [5, 5.41) is 9.87. The first-order valence-electron chi connectivity index (χ1n) is 7.61. The predicted molar refractivity (Wildman–Crippen MR) is 93.3 cm³/mol. The fourth-order valence-corrected chi connectivity index (χ4v) is 2.31. The third kappa shape index (κ3) is 4.30. The van der Waals surface area contributed by atoms with Crippen LogP contribution in [-0.4, -0.2) is 11.7 Å². The van der Waals surface area contributed by atoms with Gasteiger partial charge in [0.1, 0.15) is 22.7 Å². The van der Waals surface area contributed by atoms with E-state index in [1.807, 2.05) is 0 Å².